The number of nitrogens with one attached hydrogen (secondary N) is 3. The van der Waals surface area contributed by atoms with E-state index < -0.39 is 6.03 Å². The molecule has 7 nitrogen and oxygen atoms in total. The maximum absolute atomic E-state index is 12.1. The van der Waals surface area contributed by atoms with E-state index in [9.17, 15) is 14.4 Å². The highest BCUT2D eigenvalue weighted by Crippen LogP contribution is 2.20. The molecule has 1 aromatic rings. The topological polar surface area (TPSA) is 90.5 Å². The fourth-order valence-corrected chi connectivity index (χ4v) is 2.89. The van der Waals surface area contributed by atoms with Gasteiger partial charge in [-0.2, -0.15) is 0 Å². The lowest BCUT2D eigenvalue weighted by atomic mass is 10.1. The van der Waals surface area contributed by atoms with Gasteiger partial charge in [-0.25, -0.2) is 4.79 Å². The molecule has 0 aromatic heterocycles. The number of amides is 4. The summed E-state index contributed by atoms with van der Waals surface area (Å²) in [5, 5.41) is 8.48. The molecule has 1 aromatic carbocycles. The molecule has 1 saturated heterocycles. The Morgan fingerprint density at radius 3 is 2.73 bits per heavy atom. The molecule has 2 rings (SSSR count). The summed E-state index contributed by atoms with van der Waals surface area (Å²) in [6.07, 6.45) is 3.35. The second kappa shape index (κ2) is 10.0. The number of anilines is 1. The summed E-state index contributed by atoms with van der Waals surface area (Å²) in [4.78, 5) is 37.6. The van der Waals surface area contributed by atoms with Gasteiger partial charge in [0.05, 0.1) is 10.6 Å². The van der Waals surface area contributed by atoms with Crippen LogP contribution >= 0.6 is 11.6 Å². The van der Waals surface area contributed by atoms with Crippen molar-refractivity contribution in [3.8, 4) is 0 Å². The molecule has 0 unspecified atom stereocenters. The molecule has 0 aliphatic carbocycles. The minimum absolute atomic E-state index is 0.138. The van der Waals surface area contributed by atoms with Crippen molar-refractivity contribution in [1.29, 1.82) is 0 Å². The van der Waals surface area contributed by atoms with Crippen molar-refractivity contribution in [2.45, 2.75) is 32.6 Å². The van der Waals surface area contributed by atoms with Crippen LogP contribution in [0.15, 0.2) is 18.2 Å². The van der Waals surface area contributed by atoms with Crippen LogP contribution < -0.4 is 16.0 Å². The maximum Gasteiger partial charge on any atom is 0.319 e. The van der Waals surface area contributed by atoms with Crippen LogP contribution in [0.4, 0.5) is 10.5 Å². The molecule has 0 radical (unpaired) electrons. The summed E-state index contributed by atoms with van der Waals surface area (Å²) in [6.45, 7) is 4.13. The molecular formula is C18H25ClN4O3. The van der Waals surface area contributed by atoms with Crippen LogP contribution in [0.1, 0.15) is 43.0 Å². The van der Waals surface area contributed by atoms with E-state index in [0.717, 1.165) is 25.8 Å². The lowest BCUT2D eigenvalue weighted by molar-refractivity contribution is -0.133. The Kier molecular flexibility index (Phi) is 7.72. The normalized spacial score (nSPS) is 14.1. The third-order valence-electron chi connectivity index (χ3n) is 4.09. The first-order valence-corrected chi connectivity index (χ1v) is 9.29. The number of nitrogens with zero attached hydrogens (tertiary/aromatic N) is 1. The average molecular weight is 381 g/mol. The van der Waals surface area contributed by atoms with Crippen molar-refractivity contribution < 1.29 is 14.4 Å². The summed E-state index contributed by atoms with van der Waals surface area (Å²) >= 11 is 6.06. The number of hydrogen-bond acceptors (Lipinski definition) is 3. The zero-order valence-corrected chi connectivity index (χ0v) is 15.7. The maximum atomic E-state index is 12.1. The van der Waals surface area contributed by atoms with Crippen molar-refractivity contribution in [3.05, 3.63) is 28.8 Å². The molecule has 3 N–H and O–H groups in total. The molecule has 0 saturated carbocycles. The minimum Gasteiger partial charge on any atom is -0.352 e. The van der Waals surface area contributed by atoms with Gasteiger partial charge in [0.25, 0.3) is 5.91 Å². The van der Waals surface area contributed by atoms with Gasteiger partial charge in [0.1, 0.15) is 0 Å². The van der Waals surface area contributed by atoms with E-state index in [-0.39, 0.29) is 11.8 Å². The van der Waals surface area contributed by atoms with Crippen LogP contribution in [0.2, 0.25) is 5.02 Å². The van der Waals surface area contributed by atoms with Gasteiger partial charge < -0.3 is 20.9 Å². The highest BCUT2D eigenvalue weighted by atomic mass is 35.5. The molecule has 1 aliphatic rings. The number of urea groups is 1. The van der Waals surface area contributed by atoms with Crippen molar-refractivity contribution in [2.24, 2.45) is 0 Å². The van der Waals surface area contributed by atoms with E-state index in [1.165, 1.54) is 0 Å². The minimum atomic E-state index is -0.392. The smallest absolute Gasteiger partial charge is 0.319 e. The molecule has 0 spiro atoms. The van der Waals surface area contributed by atoms with Gasteiger partial charge in [0.2, 0.25) is 5.91 Å². The van der Waals surface area contributed by atoms with E-state index in [0.29, 0.717) is 42.3 Å². The Bertz CT molecular complexity index is 666. The Balaban J connectivity index is 1.84. The summed E-state index contributed by atoms with van der Waals surface area (Å²) in [6, 6.07) is 4.36. The first-order chi connectivity index (χ1) is 12.5. The van der Waals surface area contributed by atoms with E-state index in [4.69, 9.17) is 11.6 Å². The molecule has 1 fully saturated rings. The summed E-state index contributed by atoms with van der Waals surface area (Å²) in [5.41, 5.74) is 0.791. The second-order valence-electron chi connectivity index (χ2n) is 6.17. The van der Waals surface area contributed by atoms with Crippen molar-refractivity contribution in [3.63, 3.8) is 0 Å². The van der Waals surface area contributed by atoms with Gasteiger partial charge in [-0.3, -0.25) is 9.59 Å². The lowest BCUT2D eigenvalue weighted by Gasteiger charge is -2.26. The van der Waals surface area contributed by atoms with Crippen LogP contribution in [0.5, 0.6) is 0 Å². The SMILES string of the molecule is CCCNC(=O)c1cc(NC(=O)NCCN2CCCCC2=O)ccc1Cl. The Hall–Kier alpha value is -2.28. The fourth-order valence-electron chi connectivity index (χ4n) is 2.69. The van der Waals surface area contributed by atoms with Crippen LogP contribution in [-0.2, 0) is 4.79 Å². The molecule has 26 heavy (non-hydrogen) atoms. The van der Waals surface area contributed by atoms with Gasteiger partial charge in [0.15, 0.2) is 0 Å². The highest BCUT2D eigenvalue weighted by molar-refractivity contribution is 6.34. The van der Waals surface area contributed by atoms with E-state index >= 15 is 0 Å². The van der Waals surface area contributed by atoms with E-state index in [1.807, 2.05) is 6.92 Å². The first kappa shape index (κ1) is 20.0. The second-order valence-corrected chi connectivity index (χ2v) is 6.58. The fraction of sp³-hybridized carbons (Fsp3) is 0.500. The highest BCUT2D eigenvalue weighted by Gasteiger charge is 2.17. The van der Waals surface area contributed by atoms with Gasteiger partial charge in [-0.1, -0.05) is 18.5 Å². The predicted molar refractivity (Wildman–Crippen MR) is 102 cm³/mol. The quantitative estimate of drug-likeness (QED) is 0.679. The number of carbonyl (C=O) groups excluding carboxylic acids is 3. The molecule has 4 amide bonds. The monoisotopic (exact) mass is 380 g/mol. The van der Waals surface area contributed by atoms with Gasteiger partial charge in [-0.15, -0.1) is 0 Å². The Morgan fingerprint density at radius 1 is 1.19 bits per heavy atom. The number of carbonyl (C=O) groups is 3. The zero-order chi connectivity index (χ0) is 18.9. The van der Waals surface area contributed by atoms with Crippen molar-refractivity contribution >= 4 is 35.1 Å². The number of rotatable bonds is 7. The molecule has 0 bridgehead atoms. The summed E-state index contributed by atoms with van der Waals surface area (Å²) in [7, 11) is 0. The zero-order valence-electron chi connectivity index (χ0n) is 14.9. The molecular weight excluding hydrogens is 356 g/mol. The van der Waals surface area contributed by atoms with Gasteiger partial charge >= 0.3 is 6.03 Å². The number of benzene rings is 1. The van der Waals surface area contributed by atoms with E-state index in [2.05, 4.69) is 16.0 Å². The van der Waals surface area contributed by atoms with Crippen molar-refractivity contribution in [1.82, 2.24) is 15.5 Å². The number of halogens is 1. The Labute approximate surface area is 158 Å². The molecule has 1 heterocycles. The van der Waals surface area contributed by atoms with E-state index in [1.54, 1.807) is 23.1 Å². The summed E-state index contributed by atoms with van der Waals surface area (Å²) < 4.78 is 0. The number of likely N-dealkylation sites (tertiary alicyclic amines) is 1. The standard InChI is InChI=1S/C18H25ClN4O3/c1-2-8-20-17(25)14-12-13(6-7-15(14)19)22-18(26)21-9-11-23-10-4-3-5-16(23)24/h6-7,12H,2-5,8-11H2,1H3,(H,20,25)(H2,21,22,26). The molecule has 142 valence electrons. The lowest BCUT2D eigenvalue weighted by Crippen LogP contribution is -2.41. The number of piperidine rings is 1. The third kappa shape index (κ3) is 5.91. The largest absolute Gasteiger partial charge is 0.352 e. The third-order valence-corrected chi connectivity index (χ3v) is 4.42. The van der Waals surface area contributed by atoms with Crippen LogP contribution in [-0.4, -0.2) is 48.9 Å². The molecule has 1 aliphatic heterocycles. The molecule has 8 heteroatoms. The summed E-state index contributed by atoms with van der Waals surface area (Å²) in [5.74, 6) is -0.136. The van der Waals surface area contributed by atoms with Crippen LogP contribution in [0.3, 0.4) is 0 Å². The van der Waals surface area contributed by atoms with Gasteiger partial charge in [-0.05, 0) is 37.5 Å². The molecule has 0 atom stereocenters. The first-order valence-electron chi connectivity index (χ1n) is 8.91. The van der Waals surface area contributed by atoms with Gasteiger partial charge in [0, 0.05) is 38.3 Å². The average Bonchev–Trinajstić information content (AvgIpc) is 2.63. The number of hydrogen-bond donors (Lipinski definition) is 3. The van der Waals surface area contributed by atoms with Crippen molar-refractivity contribution in [2.75, 3.05) is 31.5 Å². The Morgan fingerprint density at radius 2 is 2.00 bits per heavy atom. The van der Waals surface area contributed by atoms with Crippen LogP contribution in [0.25, 0.3) is 0 Å². The predicted octanol–water partition coefficient (Wildman–Crippen LogP) is 2.61. The van der Waals surface area contributed by atoms with Crippen LogP contribution in [0, 0.1) is 0 Å².